The van der Waals surface area contributed by atoms with Crippen molar-refractivity contribution in [2.75, 3.05) is 68.4 Å². The number of benzene rings is 1. The molecule has 1 aromatic carbocycles. The number of fused-ring (bicyclic) bond motifs is 1. The standard InChI is InChI=1S/C46H54Cl2N14O5/c1-28(41-37(26-49-39-24-38(48)56-61(39)41)54-46(67)53-33-23-36(47)42(50-25-33)62-51-15-16-52-62)57(2)44(65)31-3-5-32(6-4-31)45(66)60-21-19-58(20-22-60)27-29-13-17-59(18-14-29)34-9-7-30(8-10-34)35-11-12-40(63)55-43(35)64/h7-10,15-16,23-26,28-29,31-32,35H,3-6,11-14,17-22,27H2,1-2H3,(H2,53,54,67)(H,55,63,64)/t28-,31?,32?,35?/m1/s1. The van der Waals surface area contributed by atoms with Crippen LogP contribution >= 0.6 is 23.2 Å². The Morgan fingerprint density at radius 1 is 0.851 bits per heavy atom. The first kappa shape index (κ1) is 46.0. The van der Waals surface area contributed by atoms with Crippen LogP contribution in [0, 0.1) is 17.8 Å². The van der Waals surface area contributed by atoms with E-state index in [9.17, 15) is 24.0 Å². The van der Waals surface area contributed by atoms with Crippen LogP contribution in [0.15, 0.2) is 61.2 Å². The molecule has 5 aromatic rings. The number of piperidine rings is 2. The predicted octanol–water partition coefficient (Wildman–Crippen LogP) is 5.56. The van der Waals surface area contributed by atoms with Crippen molar-refractivity contribution in [2.24, 2.45) is 17.8 Å². The van der Waals surface area contributed by atoms with Crippen molar-refractivity contribution < 1.29 is 24.0 Å². The molecule has 4 fully saturated rings. The van der Waals surface area contributed by atoms with E-state index < -0.39 is 12.1 Å². The van der Waals surface area contributed by atoms with Gasteiger partial charge in [0.25, 0.3) is 0 Å². The molecule has 352 valence electrons. The van der Waals surface area contributed by atoms with Crippen molar-refractivity contribution in [3.63, 3.8) is 0 Å². The quantitative estimate of drug-likeness (QED) is 0.139. The zero-order valence-corrected chi connectivity index (χ0v) is 39.0. The molecule has 3 N–H and O–H groups in total. The van der Waals surface area contributed by atoms with Gasteiger partial charge in [-0.05, 0) is 81.5 Å². The first-order valence-corrected chi connectivity index (χ1v) is 23.7. The van der Waals surface area contributed by atoms with E-state index in [0.29, 0.717) is 86.1 Å². The van der Waals surface area contributed by atoms with Crippen LogP contribution in [-0.4, -0.2) is 132 Å². The number of aromatic nitrogens is 7. The molecule has 3 saturated heterocycles. The number of nitrogens with one attached hydrogen (secondary N) is 3. The minimum atomic E-state index is -0.597. The molecule has 19 nitrogen and oxygen atoms in total. The fourth-order valence-electron chi connectivity index (χ4n) is 10.0. The van der Waals surface area contributed by atoms with Crippen LogP contribution in [-0.2, 0) is 19.2 Å². The summed E-state index contributed by atoms with van der Waals surface area (Å²) in [5.41, 5.74) is 3.71. The molecule has 0 bridgehead atoms. The molecule has 0 spiro atoms. The summed E-state index contributed by atoms with van der Waals surface area (Å²) in [6.45, 7) is 7.98. The van der Waals surface area contributed by atoms with E-state index in [2.05, 4.69) is 63.1 Å². The smallest absolute Gasteiger partial charge is 0.323 e. The van der Waals surface area contributed by atoms with Gasteiger partial charge in [-0.25, -0.2) is 19.3 Å². The zero-order chi connectivity index (χ0) is 46.8. The number of pyridine rings is 1. The molecule has 4 aromatic heterocycles. The Kier molecular flexibility index (Phi) is 13.7. The van der Waals surface area contributed by atoms with Crippen molar-refractivity contribution in [3.8, 4) is 5.82 Å². The van der Waals surface area contributed by atoms with Gasteiger partial charge < -0.3 is 25.3 Å². The fourth-order valence-corrected chi connectivity index (χ4v) is 10.4. The van der Waals surface area contributed by atoms with Gasteiger partial charge >= 0.3 is 6.03 Å². The third-order valence-electron chi connectivity index (χ3n) is 13.9. The second kappa shape index (κ2) is 20.0. The number of imide groups is 1. The largest absolute Gasteiger partial charge is 0.372 e. The van der Waals surface area contributed by atoms with Crippen LogP contribution in [0.1, 0.15) is 81.5 Å². The number of halogens is 2. The SMILES string of the molecule is C[C@H](c1c(NC(=O)Nc2cnc(-n3nccn3)c(Cl)c2)cnc2cc(Cl)nn12)N(C)C(=O)C1CCC(C(=O)N2CCN(CC3CCN(c4ccc(C5CCC(=O)NC5=O)cc4)CC3)CC2)CC1. The minimum absolute atomic E-state index is 0.0494. The topological polar surface area (TPSA) is 208 Å². The molecule has 2 atom stereocenters. The third kappa shape index (κ3) is 10.2. The molecular weight excluding hydrogens is 900 g/mol. The van der Waals surface area contributed by atoms with E-state index in [1.165, 1.54) is 40.2 Å². The molecule has 1 unspecified atom stereocenters. The molecule has 21 heteroatoms. The van der Waals surface area contributed by atoms with Gasteiger partial charge in [0.05, 0.1) is 58.8 Å². The van der Waals surface area contributed by atoms with Gasteiger partial charge in [-0.3, -0.25) is 29.4 Å². The average Bonchev–Trinajstić information content (AvgIpc) is 4.01. The number of urea groups is 1. The van der Waals surface area contributed by atoms with E-state index in [0.717, 1.165) is 56.8 Å². The van der Waals surface area contributed by atoms with Crippen LogP contribution in [0.3, 0.4) is 0 Å². The summed E-state index contributed by atoms with van der Waals surface area (Å²) in [5.74, 6) is -0.00311. The third-order valence-corrected chi connectivity index (χ3v) is 14.4. The minimum Gasteiger partial charge on any atom is -0.372 e. The second-order valence-electron chi connectivity index (χ2n) is 18.0. The Morgan fingerprint density at radius 2 is 1.55 bits per heavy atom. The normalized spacial score (nSPS) is 21.2. The summed E-state index contributed by atoms with van der Waals surface area (Å²) < 4.78 is 1.53. The highest BCUT2D eigenvalue weighted by Gasteiger charge is 2.37. The van der Waals surface area contributed by atoms with Gasteiger partial charge in [-0.15, -0.1) is 4.80 Å². The number of rotatable bonds is 11. The van der Waals surface area contributed by atoms with Gasteiger partial charge in [-0.1, -0.05) is 35.3 Å². The van der Waals surface area contributed by atoms with Crippen LogP contribution in [0.4, 0.5) is 21.9 Å². The summed E-state index contributed by atoms with van der Waals surface area (Å²) in [6.07, 6.45) is 11.6. The molecule has 7 heterocycles. The number of anilines is 3. The van der Waals surface area contributed by atoms with Crippen LogP contribution < -0.4 is 20.9 Å². The van der Waals surface area contributed by atoms with Gasteiger partial charge in [0.2, 0.25) is 23.6 Å². The number of carbonyl (C=O) groups excluding carboxylic acids is 5. The monoisotopic (exact) mass is 952 g/mol. The van der Waals surface area contributed by atoms with Crippen molar-refractivity contribution in [3.05, 3.63) is 82.6 Å². The highest BCUT2D eigenvalue weighted by Crippen LogP contribution is 2.36. The Balaban J connectivity index is 0.732. The van der Waals surface area contributed by atoms with E-state index in [-0.39, 0.29) is 51.6 Å². The first-order valence-electron chi connectivity index (χ1n) is 23.0. The summed E-state index contributed by atoms with van der Waals surface area (Å²) in [7, 11) is 1.74. The molecule has 3 aliphatic heterocycles. The van der Waals surface area contributed by atoms with Crippen molar-refractivity contribution >= 4 is 75.6 Å². The van der Waals surface area contributed by atoms with Crippen LogP contribution in [0.2, 0.25) is 10.2 Å². The summed E-state index contributed by atoms with van der Waals surface area (Å²) in [4.78, 5) is 83.8. The van der Waals surface area contributed by atoms with Gasteiger partial charge in [0.1, 0.15) is 0 Å². The number of hydrogen-bond acceptors (Lipinski definition) is 12. The number of amides is 6. The van der Waals surface area contributed by atoms with E-state index in [1.807, 2.05) is 24.0 Å². The van der Waals surface area contributed by atoms with Gasteiger partial charge in [-0.2, -0.15) is 15.3 Å². The maximum absolute atomic E-state index is 14.1. The van der Waals surface area contributed by atoms with Crippen molar-refractivity contribution in [1.82, 2.24) is 54.6 Å². The van der Waals surface area contributed by atoms with E-state index in [4.69, 9.17) is 23.2 Å². The molecular formula is C46H54Cl2N14O5. The molecule has 9 rings (SSSR count). The lowest BCUT2D eigenvalue weighted by atomic mass is 9.80. The maximum atomic E-state index is 14.1. The number of piperazine rings is 1. The van der Waals surface area contributed by atoms with Crippen LogP contribution in [0.5, 0.6) is 0 Å². The molecule has 0 radical (unpaired) electrons. The summed E-state index contributed by atoms with van der Waals surface area (Å²) in [6, 6.07) is 10.2. The highest BCUT2D eigenvalue weighted by molar-refractivity contribution is 6.32. The lowest BCUT2D eigenvalue weighted by Gasteiger charge is -2.41. The van der Waals surface area contributed by atoms with E-state index in [1.54, 1.807) is 18.0 Å². The first-order chi connectivity index (χ1) is 32.4. The lowest BCUT2D eigenvalue weighted by Crippen LogP contribution is -2.52. The summed E-state index contributed by atoms with van der Waals surface area (Å²) in [5, 5.41) is 21.0. The average molecular weight is 954 g/mol. The van der Waals surface area contributed by atoms with Crippen molar-refractivity contribution in [1.29, 1.82) is 0 Å². The lowest BCUT2D eigenvalue weighted by molar-refractivity contribution is -0.142. The Bertz CT molecular complexity index is 2620. The number of nitrogens with zero attached hydrogens (tertiary/aromatic N) is 11. The molecule has 6 amide bonds. The Hall–Kier alpha value is -6.18. The number of carbonyl (C=O) groups is 5. The Morgan fingerprint density at radius 3 is 2.24 bits per heavy atom. The summed E-state index contributed by atoms with van der Waals surface area (Å²) >= 11 is 12.7. The van der Waals surface area contributed by atoms with Crippen LogP contribution in [0.25, 0.3) is 11.5 Å². The van der Waals surface area contributed by atoms with Crippen molar-refractivity contribution in [2.45, 2.75) is 70.3 Å². The van der Waals surface area contributed by atoms with Gasteiger partial charge in [0.15, 0.2) is 16.6 Å². The predicted molar refractivity (Wildman–Crippen MR) is 251 cm³/mol. The highest BCUT2D eigenvalue weighted by atomic mass is 35.5. The molecule has 4 aliphatic rings. The molecule has 1 saturated carbocycles. The Labute approximate surface area is 397 Å². The maximum Gasteiger partial charge on any atom is 0.323 e. The second-order valence-corrected chi connectivity index (χ2v) is 18.8. The van der Waals surface area contributed by atoms with E-state index >= 15 is 0 Å². The molecule has 1 aliphatic carbocycles. The number of hydrogen-bond donors (Lipinski definition) is 3. The van der Waals surface area contributed by atoms with Gasteiger partial charge in [0, 0.05) is 82.9 Å². The molecule has 67 heavy (non-hydrogen) atoms. The zero-order valence-electron chi connectivity index (χ0n) is 37.5. The fraction of sp³-hybridized carbons (Fsp3) is 0.478.